The molecule has 0 spiro atoms. The number of nitrogens with one attached hydrogen (secondary N) is 3. The van der Waals surface area contributed by atoms with Crippen molar-refractivity contribution in [1.29, 1.82) is 0 Å². The summed E-state index contributed by atoms with van der Waals surface area (Å²) in [5.74, 6) is -0.0721. The Morgan fingerprint density at radius 2 is 1.73 bits per heavy atom. The van der Waals surface area contributed by atoms with Crippen molar-refractivity contribution in [3.63, 3.8) is 0 Å². The van der Waals surface area contributed by atoms with Gasteiger partial charge in [0.2, 0.25) is 17.7 Å². The summed E-state index contributed by atoms with van der Waals surface area (Å²) >= 11 is 0. The zero-order valence-corrected chi connectivity index (χ0v) is 15.8. The predicted molar refractivity (Wildman–Crippen MR) is 100 cm³/mol. The number of anilines is 1. The molecule has 0 fully saturated rings. The molecule has 3 amide bonds. The lowest BCUT2D eigenvalue weighted by atomic mass is 10.3. The third-order valence-electron chi connectivity index (χ3n) is 3.52. The minimum absolute atomic E-state index is 0.0153. The van der Waals surface area contributed by atoms with E-state index in [2.05, 4.69) is 16.0 Å². The van der Waals surface area contributed by atoms with Crippen LogP contribution in [0.1, 0.15) is 20.3 Å². The zero-order valence-electron chi connectivity index (χ0n) is 15.8. The highest BCUT2D eigenvalue weighted by Crippen LogP contribution is 2.14. The minimum atomic E-state index is -0.615. The SMILES string of the molecule is CCCNC(=O)[C@@H](C)NC(=O)CN(C)CC(=O)Nc1ccc(OC)cc1. The van der Waals surface area contributed by atoms with Crippen LogP contribution in [0.15, 0.2) is 24.3 Å². The maximum absolute atomic E-state index is 12.0. The lowest BCUT2D eigenvalue weighted by molar-refractivity contribution is -0.129. The van der Waals surface area contributed by atoms with E-state index in [-0.39, 0.29) is 30.8 Å². The van der Waals surface area contributed by atoms with Gasteiger partial charge in [0.15, 0.2) is 0 Å². The summed E-state index contributed by atoms with van der Waals surface area (Å²) in [4.78, 5) is 37.3. The first-order chi connectivity index (χ1) is 12.3. The number of benzene rings is 1. The number of rotatable bonds is 10. The molecule has 0 unspecified atom stereocenters. The van der Waals surface area contributed by atoms with Crippen molar-refractivity contribution in [2.24, 2.45) is 0 Å². The van der Waals surface area contributed by atoms with Gasteiger partial charge < -0.3 is 20.7 Å². The molecule has 0 saturated heterocycles. The van der Waals surface area contributed by atoms with Gasteiger partial charge in [-0.25, -0.2) is 0 Å². The molecular formula is C18H28N4O4. The molecule has 0 heterocycles. The van der Waals surface area contributed by atoms with Gasteiger partial charge in [-0.05, 0) is 44.7 Å². The van der Waals surface area contributed by atoms with Crippen molar-refractivity contribution in [3.8, 4) is 5.75 Å². The van der Waals surface area contributed by atoms with Crippen LogP contribution in [0, 0.1) is 0 Å². The molecule has 0 aliphatic rings. The average molecular weight is 364 g/mol. The molecule has 1 rings (SSSR count). The predicted octanol–water partition coefficient (Wildman–Crippen LogP) is 0.596. The van der Waals surface area contributed by atoms with Crippen molar-refractivity contribution < 1.29 is 19.1 Å². The van der Waals surface area contributed by atoms with Gasteiger partial charge in [0.1, 0.15) is 11.8 Å². The van der Waals surface area contributed by atoms with Gasteiger partial charge in [-0.2, -0.15) is 0 Å². The summed E-state index contributed by atoms with van der Waals surface area (Å²) < 4.78 is 5.06. The van der Waals surface area contributed by atoms with Crippen molar-refractivity contribution >= 4 is 23.4 Å². The van der Waals surface area contributed by atoms with Crippen molar-refractivity contribution in [1.82, 2.24) is 15.5 Å². The molecule has 1 atom stereocenters. The van der Waals surface area contributed by atoms with Gasteiger partial charge in [0, 0.05) is 12.2 Å². The maximum atomic E-state index is 12.0. The van der Waals surface area contributed by atoms with Crippen LogP contribution in [-0.4, -0.2) is 62.5 Å². The summed E-state index contributed by atoms with van der Waals surface area (Å²) in [5.41, 5.74) is 0.648. The van der Waals surface area contributed by atoms with E-state index in [1.807, 2.05) is 6.92 Å². The van der Waals surface area contributed by atoms with E-state index >= 15 is 0 Å². The first-order valence-corrected chi connectivity index (χ1v) is 8.55. The molecule has 8 heteroatoms. The Morgan fingerprint density at radius 1 is 1.12 bits per heavy atom. The second kappa shape index (κ2) is 11.1. The van der Waals surface area contributed by atoms with Crippen LogP contribution in [0.2, 0.25) is 0 Å². The van der Waals surface area contributed by atoms with E-state index < -0.39 is 6.04 Å². The van der Waals surface area contributed by atoms with Crippen LogP contribution < -0.4 is 20.7 Å². The fourth-order valence-electron chi connectivity index (χ4n) is 2.18. The number of methoxy groups -OCH3 is 1. The summed E-state index contributed by atoms with van der Waals surface area (Å²) in [6.07, 6.45) is 0.832. The van der Waals surface area contributed by atoms with Crippen LogP contribution in [0.5, 0.6) is 5.75 Å². The lowest BCUT2D eigenvalue weighted by Gasteiger charge is -2.18. The molecule has 8 nitrogen and oxygen atoms in total. The normalized spacial score (nSPS) is 11.6. The Balaban J connectivity index is 2.37. The number of hydrogen-bond acceptors (Lipinski definition) is 5. The lowest BCUT2D eigenvalue weighted by Crippen LogP contribution is -2.48. The van der Waals surface area contributed by atoms with Gasteiger partial charge in [-0.1, -0.05) is 6.92 Å². The van der Waals surface area contributed by atoms with Crippen molar-refractivity contribution in [2.75, 3.05) is 39.1 Å². The van der Waals surface area contributed by atoms with Crippen molar-refractivity contribution in [2.45, 2.75) is 26.3 Å². The first kappa shape index (κ1) is 21.4. The third-order valence-corrected chi connectivity index (χ3v) is 3.52. The molecule has 0 radical (unpaired) electrons. The van der Waals surface area contributed by atoms with Crippen molar-refractivity contribution in [3.05, 3.63) is 24.3 Å². The molecule has 0 aliphatic carbocycles. The molecular weight excluding hydrogens is 336 g/mol. The molecule has 1 aromatic rings. The van der Waals surface area contributed by atoms with E-state index in [1.165, 1.54) is 0 Å². The third kappa shape index (κ3) is 7.98. The fraction of sp³-hybridized carbons (Fsp3) is 0.500. The highest BCUT2D eigenvalue weighted by molar-refractivity contribution is 5.93. The Labute approximate surface area is 154 Å². The van der Waals surface area contributed by atoms with Gasteiger partial charge in [-0.3, -0.25) is 19.3 Å². The van der Waals surface area contributed by atoms with Gasteiger partial charge >= 0.3 is 0 Å². The smallest absolute Gasteiger partial charge is 0.242 e. The first-order valence-electron chi connectivity index (χ1n) is 8.55. The number of hydrogen-bond donors (Lipinski definition) is 3. The summed E-state index contributed by atoms with van der Waals surface area (Å²) in [6, 6.07) is 6.35. The zero-order chi connectivity index (χ0) is 19.5. The van der Waals surface area contributed by atoms with E-state index in [1.54, 1.807) is 50.2 Å². The van der Waals surface area contributed by atoms with E-state index in [4.69, 9.17) is 4.74 Å². The fourth-order valence-corrected chi connectivity index (χ4v) is 2.18. The maximum Gasteiger partial charge on any atom is 0.242 e. The Kier molecular flexibility index (Phi) is 9.14. The second-order valence-corrected chi connectivity index (χ2v) is 6.03. The number of nitrogens with zero attached hydrogens (tertiary/aromatic N) is 1. The standard InChI is InChI=1S/C18H28N4O4/c1-5-10-19-18(25)13(2)20-16(23)11-22(3)12-17(24)21-14-6-8-15(26-4)9-7-14/h6-9,13H,5,10-12H2,1-4H3,(H,19,25)(H,20,23)(H,21,24)/t13-/m1/s1. The Hall–Kier alpha value is -2.61. The molecule has 0 aromatic heterocycles. The monoisotopic (exact) mass is 364 g/mol. The quantitative estimate of drug-likeness (QED) is 0.564. The van der Waals surface area contributed by atoms with Crippen LogP contribution >= 0.6 is 0 Å². The second-order valence-electron chi connectivity index (χ2n) is 6.03. The highest BCUT2D eigenvalue weighted by atomic mass is 16.5. The van der Waals surface area contributed by atoms with E-state index in [0.717, 1.165) is 6.42 Å². The van der Waals surface area contributed by atoms with Gasteiger partial charge in [-0.15, -0.1) is 0 Å². The van der Waals surface area contributed by atoms with E-state index in [0.29, 0.717) is 18.0 Å². The summed E-state index contributed by atoms with van der Waals surface area (Å²) in [7, 11) is 3.23. The van der Waals surface area contributed by atoms with Gasteiger partial charge in [0.05, 0.1) is 20.2 Å². The van der Waals surface area contributed by atoms with Crippen LogP contribution in [-0.2, 0) is 14.4 Å². The number of likely N-dealkylation sites (N-methyl/N-ethyl adjacent to an activating group) is 1. The molecule has 0 bridgehead atoms. The topological polar surface area (TPSA) is 99.8 Å². The molecule has 0 aliphatic heterocycles. The summed E-state index contributed by atoms with van der Waals surface area (Å²) in [6.45, 7) is 4.22. The average Bonchev–Trinajstić information content (AvgIpc) is 2.59. The molecule has 1 aromatic carbocycles. The Morgan fingerprint density at radius 3 is 2.31 bits per heavy atom. The largest absolute Gasteiger partial charge is 0.497 e. The Bertz CT molecular complexity index is 604. The minimum Gasteiger partial charge on any atom is -0.497 e. The molecule has 26 heavy (non-hydrogen) atoms. The van der Waals surface area contributed by atoms with Crippen LogP contribution in [0.4, 0.5) is 5.69 Å². The van der Waals surface area contributed by atoms with Gasteiger partial charge in [0.25, 0.3) is 0 Å². The summed E-state index contributed by atoms with van der Waals surface area (Å²) in [5, 5.41) is 8.08. The molecule has 3 N–H and O–H groups in total. The van der Waals surface area contributed by atoms with E-state index in [9.17, 15) is 14.4 Å². The number of amides is 3. The highest BCUT2D eigenvalue weighted by Gasteiger charge is 2.17. The molecule has 0 saturated carbocycles. The molecule has 144 valence electrons. The number of ether oxygens (including phenoxy) is 1. The number of carbonyl (C=O) groups is 3. The van der Waals surface area contributed by atoms with Crippen LogP contribution in [0.25, 0.3) is 0 Å². The number of carbonyl (C=O) groups excluding carboxylic acids is 3. The van der Waals surface area contributed by atoms with Crippen LogP contribution in [0.3, 0.4) is 0 Å².